The van der Waals surface area contributed by atoms with E-state index in [1.54, 1.807) is 7.05 Å². The van der Waals surface area contributed by atoms with E-state index in [0.29, 0.717) is 11.0 Å². The molecule has 0 aliphatic heterocycles. The first-order chi connectivity index (χ1) is 6.11. The van der Waals surface area contributed by atoms with Crippen LogP contribution >= 0.6 is 12.2 Å². The molecule has 0 saturated heterocycles. The molecule has 68 valence electrons. The summed E-state index contributed by atoms with van der Waals surface area (Å²) in [7, 11) is 1.68. The Morgan fingerprint density at radius 3 is 2.86 bits per heavy atom. The number of nitrogens with two attached hydrogens (primary N) is 1. The number of rotatable bonds is 0. The van der Waals surface area contributed by atoms with Gasteiger partial charge in [0.15, 0.2) is 5.65 Å². The Bertz CT molecular complexity index is 533. The molecule has 0 aliphatic rings. The van der Waals surface area contributed by atoms with Crippen molar-refractivity contribution in [2.45, 2.75) is 0 Å². The molecule has 0 unspecified atom stereocenters. The minimum atomic E-state index is -0.372. The Hall–Kier alpha value is 0.00636. The molecule has 8 heteroatoms. The van der Waals surface area contributed by atoms with Gasteiger partial charge in [-0.2, -0.15) is 10.1 Å². The van der Waals surface area contributed by atoms with Crippen LogP contribution < -0.4 is 62.3 Å². The first-order valence-electron chi connectivity index (χ1n) is 3.48. The van der Waals surface area contributed by atoms with Crippen LogP contribution in [0.4, 0.5) is 0 Å². The molecule has 2 aromatic rings. The molecule has 0 aromatic carbocycles. The second-order valence-electron chi connectivity index (χ2n) is 2.57. The largest absolute Gasteiger partial charge is 1.00 e. The number of nitrogen functional groups attached to an aromatic ring is 1. The van der Waals surface area contributed by atoms with E-state index in [4.69, 9.17) is 18.1 Å². The van der Waals surface area contributed by atoms with Gasteiger partial charge < -0.3 is 10.9 Å². The summed E-state index contributed by atoms with van der Waals surface area (Å²) in [5, 5.41) is 15.7. The Balaban J connectivity index is 0.000000980. The van der Waals surface area contributed by atoms with E-state index in [1.807, 2.05) is 0 Å². The van der Waals surface area contributed by atoms with E-state index in [2.05, 4.69) is 10.1 Å². The zero-order valence-electron chi connectivity index (χ0n) is 7.76. The van der Waals surface area contributed by atoms with Crippen LogP contribution in [-0.4, -0.2) is 19.4 Å². The normalized spacial score (nSPS) is 10.1. The number of aromatic nitrogens is 4. The standard InChI is InChI=1S/C6H7N5OS.K/c1-10-4-3(2-8-10)5(12)11(7)6(13)9-4;/h2,12H,7H2,1H3;/q;+1/p-1. The number of aryl methyl sites for hydroxylation is 1. The van der Waals surface area contributed by atoms with Crippen LogP contribution in [0.25, 0.3) is 11.0 Å². The first kappa shape index (κ1) is 12.1. The van der Waals surface area contributed by atoms with Gasteiger partial charge in [-0.1, -0.05) is 0 Å². The van der Waals surface area contributed by atoms with Crippen LogP contribution in [0.1, 0.15) is 0 Å². The number of fused-ring (bicyclic) bond motifs is 1. The summed E-state index contributed by atoms with van der Waals surface area (Å²) in [6, 6.07) is 0. The second kappa shape index (κ2) is 4.25. The Morgan fingerprint density at radius 2 is 2.21 bits per heavy atom. The van der Waals surface area contributed by atoms with Crippen LogP contribution in [0.2, 0.25) is 0 Å². The van der Waals surface area contributed by atoms with Gasteiger partial charge in [0.05, 0.1) is 6.20 Å². The van der Waals surface area contributed by atoms with Gasteiger partial charge in [-0.05, 0) is 12.2 Å². The molecule has 2 heterocycles. The van der Waals surface area contributed by atoms with Crippen LogP contribution in [0, 0.1) is 4.77 Å². The molecule has 2 N–H and O–H groups in total. The molecule has 0 atom stereocenters. The number of hydrogen-bond donors (Lipinski definition) is 1. The van der Waals surface area contributed by atoms with Crippen LogP contribution in [-0.2, 0) is 7.05 Å². The van der Waals surface area contributed by atoms with E-state index in [0.717, 1.165) is 4.68 Å². The summed E-state index contributed by atoms with van der Waals surface area (Å²) >= 11 is 4.78. The maximum Gasteiger partial charge on any atom is 1.00 e. The molecular weight excluding hydrogens is 229 g/mol. The summed E-state index contributed by atoms with van der Waals surface area (Å²) in [5.41, 5.74) is 0.455. The summed E-state index contributed by atoms with van der Waals surface area (Å²) in [6.07, 6.45) is 1.42. The molecule has 0 saturated carbocycles. The SMILES string of the molecule is Cn1ncc2c([O-])n(N)c(=S)nc21.[K+]. The summed E-state index contributed by atoms with van der Waals surface area (Å²) in [5.74, 6) is 4.99. The Morgan fingerprint density at radius 1 is 1.57 bits per heavy atom. The fourth-order valence-electron chi connectivity index (χ4n) is 1.08. The third-order valence-electron chi connectivity index (χ3n) is 1.76. The topological polar surface area (TPSA) is 84.7 Å². The second-order valence-corrected chi connectivity index (χ2v) is 2.94. The van der Waals surface area contributed by atoms with Crippen molar-refractivity contribution in [2.75, 3.05) is 5.84 Å². The summed E-state index contributed by atoms with van der Waals surface area (Å²) in [6.45, 7) is 0. The van der Waals surface area contributed by atoms with Crippen LogP contribution in [0.3, 0.4) is 0 Å². The minimum absolute atomic E-state index is 0. The van der Waals surface area contributed by atoms with Crippen molar-refractivity contribution in [2.24, 2.45) is 7.05 Å². The van der Waals surface area contributed by atoms with E-state index in [1.165, 1.54) is 10.9 Å². The predicted octanol–water partition coefficient (Wildman–Crippen LogP) is -3.71. The van der Waals surface area contributed by atoms with E-state index in [-0.39, 0.29) is 62.0 Å². The van der Waals surface area contributed by atoms with Gasteiger partial charge >= 0.3 is 51.4 Å². The molecule has 0 fully saturated rings. The molecular formula is C6H6KN5OS. The van der Waals surface area contributed by atoms with Crippen molar-refractivity contribution in [3.8, 4) is 5.88 Å². The number of hydrogen-bond acceptors (Lipinski definition) is 5. The van der Waals surface area contributed by atoms with Gasteiger partial charge in [-0.25, -0.2) is 4.68 Å². The minimum Gasteiger partial charge on any atom is -0.858 e. The van der Waals surface area contributed by atoms with Crippen molar-refractivity contribution < 1.29 is 56.5 Å². The Kier molecular flexibility index (Phi) is 3.67. The third kappa shape index (κ3) is 1.73. The van der Waals surface area contributed by atoms with Gasteiger partial charge in [-0.15, -0.1) is 0 Å². The van der Waals surface area contributed by atoms with Crippen molar-refractivity contribution in [3.63, 3.8) is 0 Å². The van der Waals surface area contributed by atoms with Crippen LogP contribution in [0.15, 0.2) is 6.20 Å². The van der Waals surface area contributed by atoms with Gasteiger partial charge in [-0.3, -0.25) is 4.68 Å². The fraction of sp³-hybridized carbons (Fsp3) is 0.167. The van der Waals surface area contributed by atoms with Gasteiger partial charge in [0.2, 0.25) is 4.77 Å². The smallest absolute Gasteiger partial charge is 0.858 e. The maximum atomic E-state index is 11.4. The summed E-state index contributed by atoms with van der Waals surface area (Å²) < 4.78 is 2.37. The zero-order valence-corrected chi connectivity index (χ0v) is 11.7. The molecule has 0 amide bonds. The molecule has 6 nitrogen and oxygen atoms in total. The van der Waals surface area contributed by atoms with E-state index < -0.39 is 0 Å². The number of nitrogens with zero attached hydrogens (tertiary/aromatic N) is 4. The molecule has 2 aromatic heterocycles. The molecule has 2 rings (SSSR count). The zero-order chi connectivity index (χ0) is 9.59. The summed E-state index contributed by atoms with van der Waals surface area (Å²) in [4.78, 5) is 3.95. The monoisotopic (exact) mass is 235 g/mol. The van der Waals surface area contributed by atoms with Crippen molar-refractivity contribution in [1.82, 2.24) is 19.4 Å². The first-order valence-corrected chi connectivity index (χ1v) is 3.89. The van der Waals surface area contributed by atoms with Gasteiger partial charge in [0, 0.05) is 18.3 Å². The van der Waals surface area contributed by atoms with Gasteiger partial charge in [0.1, 0.15) is 0 Å². The molecule has 0 bridgehead atoms. The average molecular weight is 235 g/mol. The fourth-order valence-corrected chi connectivity index (χ4v) is 1.25. The quantitative estimate of drug-likeness (QED) is 0.288. The van der Waals surface area contributed by atoms with Gasteiger partial charge in [0.25, 0.3) is 0 Å². The third-order valence-corrected chi connectivity index (χ3v) is 2.05. The molecule has 0 spiro atoms. The van der Waals surface area contributed by atoms with Crippen molar-refractivity contribution in [3.05, 3.63) is 11.0 Å². The molecule has 0 aliphatic carbocycles. The molecule has 0 radical (unpaired) electrons. The van der Waals surface area contributed by atoms with E-state index in [9.17, 15) is 5.11 Å². The maximum absolute atomic E-state index is 11.4. The average Bonchev–Trinajstić information content (AvgIpc) is 2.45. The predicted molar refractivity (Wildman–Crippen MR) is 46.9 cm³/mol. The Labute approximate surface area is 127 Å². The van der Waals surface area contributed by atoms with Crippen LogP contribution in [0.5, 0.6) is 5.88 Å². The van der Waals surface area contributed by atoms with Crippen molar-refractivity contribution >= 4 is 23.3 Å². The molecule has 14 heavy (non-hydrogen) atoms. The van der Waals surface area contributed by atoms with Crippen molar-refractivity contribution in [1.29, 1.82) is 0 Å². The van der Waals surface area contributed by atoms with E-state index >= 15 is 0 Å².